The molecule has 1 aromatic heterocycles. The van der Waals surface area contributed by atoms with Crippen molar-refractivity contribution in [2.45, 2.75) is 32.5 Å². The van der Waals surface area contributed by atoms with Crippen molar-refractivity contribution in [2.75, 3.05) is 7.11 Å². The average Bonchev–Trinajstić information content (AvgIpc) is 2.24. The van der Waals surface area contributed by atoms with Gasteiger partial charge in [-0.3, -0.25) is 0 Å². The summed E-state index contributed by atoms with van der Waals surface area (Å²) in [6.07, 6.45) is -3.53. The van der Waals surface area contributed by atoms with E-state index in [2.05, 4.69) is 9.72 Å². The van der Waals surface area contributed by atoms with Gasteiger partial charge in [-0.25, -0.2) is 4.98 Å². The molecule has 106 valence electrons. The third-order valence-corrected chi connectivity index (χ3v) is 2.12. The van der Waals surface area contributed by atoms with Crippen LogP contribution in [-0.2, 0) is 10.8 Å². The highest BCUT2D eigenvalue weighted by Gasteiger charge is 2.37. The van der Waals surface area contributed by atoms with Crippen molar-refractivity contribution in [2.24, 2.45) is 0 Å². The monoisotopic (exact) mass is 277 g/mol. The lowest BCUT2D eigenvalue weighted by atomic mass is 9.79. The molecule has 0 saturated heterocycles. The summed E-state index contributed by atoms with van der Waals surface area (Å²) in [5.41, 5.74) is -1.83. The second kappa shape index (κ2) is 5.38. The highest BCUT2D eigenvalue weighted by molar-refractivity contribution is 6.60. The zero-order chi connectivity index (χ0) is 14.8. The summed E-state index contributed by atoms with van der Waals surface area (Å²) in [4.78, 5) is 3.53. The van der Waals surface area contributed by atoms with Gasteiger partial charge in [0.2, 0.25) is 5.88 Å². The molecule has 4 nitrogen and oxygen atoms in total. The molecular formula is C11H15BF3NO3. The molecule has 0 amide bonds. The maximum absolute atomic E-state index is 12.8. The third kappa shape index (κ3) is 4.39. The van der Waals surface area contributed by atoms with E-state index in [0.717, 1.165) is 19.4 Å². The summed E-state index contributed by atoms with van der Waals surface area (Å²) in [5, 5.41) is 9.74. The Morgan fingerprint density at radius 3 is 2.26 bits per heavy atom. The van der Waals surface area contributed by atoms with E-state index in [1.165, 1.54) is 0 Å². The van der Waals surface area contributed by atoms with Crippen LogP contribution in [0.2, 0.25) is 0 Å². The minimum absolute atomic E-state index is 0.0805. The maximum Gasteiger partial charge on any atom is 0.493 e. The second-order valence-corrected chi connectivity index (χ2v) is 4.91. The van der Waals surface area contributed by atoms with Crippen LogP contribution in [0.1, 0.15) is 26.3 Å². The Balaban J connectivity index is 3.12. The second-order valence-electron chi connectivity index (χ2n) is 4.91. The Kier molecular flexibility index (Phi) is 4.47. The molecule has 0 radical (unpaired) electrons. The van der Waals surface area contributed by atoms with E-state index in [1.807, 2.05) is 0 Å². The van der Waals surface area contributed by atoms with Gasteiger partial charge in [-0.1, -0.05) is 0 Å². The van der Waals surface area contributed by atoms with Crippen molar-refractivity contribution in [1.82, 2.24) is 4.98 Å². The number of alkyl halides is 3. The average molecular weight is 277 g/mol. The van der Waals surface area contributed by atoms with Gasteiger partial charge in [0.15, 0.2) is 0 Å². The Morgan fingerprint density at radius 1 is 1.26 bits per heavy atom. The van der Waals surface area contributed by atoms with Crippen LogP contribution in [-0.4, -0.2) is 29.8 Å². The SMILES string of the molecule is COc1ncc(B(O)OC(C)(C)C)cc1C(F)(F)F. The summed E-state index contributed by atoms with van der Waals surface area (Å²) in [6, 6.07) is 0.766. The molecule has 1 N–H and O–H groups in total. The Bertz CT molecular complexity index is 446. The number of methoxy groups -OCH3 is 1. The molecule has 8 heteroatoms. The summed E-state index contributed by atoms with van der Waals surface area (Å²) in [7, 11) is -0.390. The Morgan fingerprint density at radius 2 is 1.84 bits per heavy atom. The van der Waals surface area contributed by atoms with E-state index >= 15 is 0 Å². The van der Waals surface area contributed by atoms with Crippen molar-refractivity contribution < 1.29 is 27.6 Å². The number of pyridine rings is 1. The van der Waals surface area contributed by atoms with E-state index in [4.69, 9.17) is 4.65 Å². The minimum Gasteiger partial charge on any atom is -0.481 e. The van der Waals surface area contributed by atoms with Crippen LogP contribution in [0.5, 0.6) is 5.88 Å². The van der Waals surface area contributed by atoms with Gasteiger partial charge in [-0.15, -0.1) is 0 Å². The first kappa shape index (κ1) is 15.8. The predicted octanol–water partition coefficient (Wildman–Crippen LogP) is 1.61. The molecule has 0 atom stereocenters. The van der Waals surface area contributed by atoms with Crippen molar-refractivity contribution in [3.05, 3.63) is 17.8 Å². The van der Waals surface area contributed by atoms with Crippen LogP contribution in [0.3, 0.4) is 0 Å². The number of aromatic nitrogens is 1. The van der Waals surface area contributed by atoms with Crippen LogP contribution >= 0.6 is 0 Å². The fourth-order valence-corrected chi connectivity index (χ4v) is 1.37. The smallest absolute Gasteiger partial charge is 0.481 e. The predicted molar refractivity (Wildman–Crippen MR) is 64.2 cm³/mol. The molecule has 0 aliphatic rings. The summed E-state index contributed by atoms with van der Waals surface area (Å²) >= 11 is 0. The number of hydrogen-bond donors (Lipinski definition) is 1. The fraction of sp³-hybridized carbons (Fsp3) is 0.545. The number of hydrogen-bond acceptors (Lipinski definition) is 4. The number of halogens is 3. The molecule has 1 aromatic rings. The molecule has 0 bridgehead atoms. The maximum atomic E-state index is 12.8. The van der Waals surface area contributed by atoms with Gasteiger partial charge in [-0.05, 0) is 26.8 Å². The van der Waals surface area contributed by atoms with Gasteiger partial charge >= 0.3 is 13.3 Å². The summed E-state index contributed by atoms with van der Waals surface area (Å²) in [6.45, 7) is 5.04. The number of ether oxygens (including phenoxy) is 1. The van der Waals surface area contributed by atoms with Gasteiger partial charge in [0.05, 0.1) is 7.11 Å². The van der Waals surface area contributed by atoms with E-state index in [0.29, 0.717) is 0 Å². The molecule has 0 fully saturated rings. The first-order chi connectivity index (χ1) is 8.54. The first-order valence-electron chi connectivity index (χ1n) is 5.51. The quantitative estimate of drug-likeness (QED) is 0.853. The van der Waals surface area contributed by atoms with E-state index in [9.17, 15) is 18.2 Å². The van der Waals surface area contributed by atoms with Crippen molar-refractivity contribution in [1.29, 1.82) is 0 Å². The molecule has 0 saturated carbocycles. The Labute approximate surface area is 109 Å². The zero-order valence-corrected chi connectivity index (χ0v) is 11.1. The third-order valence-electron chi connectivity index (χ3n) is 2.12. The molecule has 0 unspecified atom stereocenters. The van der Waals surface area contributed by atoms with Crippen molar-refractivity contribution in [3.63, 3.8) is 0 Å². The minimum atomic E-state index is -4.62. The van der Waals surface area contributed by atoms with E-state index in [1.54, 1.807) is 20.8 Å². The van der Waals surface area contributed by atoms with Crippen molar-refractivity contribution >= 4 is 12.6 Å². The normalized spacial score (nSPS) is 12.4. The fourth-order valence-electron chi connectivity index (χ4n) is 1.37. The topological polar surface area (TPSA) is 51.6 Å². The van der Waals surface area contributed by atoms with Gasteiger partial charge < -0.3 is 14.4 Å². The molecule has 0 spiro atoms. The Hall–Kier alpha value is -1.28. The largest absolute Gasteiger partial charge is 0.493 e. The zero-order valence-electron chi connectivity index (χ0n) is 11.1. The van der Waals surface area contributed by atoms with Crippen LogP contribution < -0.4 is 10.2 Å². The molecule has 19 heavy (non-hydrogen) atoms. The molecule has 0 aromatic carbocycles. The van der Waals surface area contributed by atoms with Gasteiger partial charge in [-0.2, -0.15) is 13.2 Å². The molecule has 1 heterocycles. The molecular weight excluding hydrogens is 262 g/mol. The van der Waals surface area contributed by atoms with Crippen LogP contribution in [0, 0.1) is 0 Å². The van der Waals surface area contributed by atoms with Gasteiger partial charge in [0.1, 0.15) is 5.56 Å². The number of rotatable bonds is 3. The van der Waals surface area contributed by atoms with E-state index < -0.39 is 30.3 Å². The first-order valence-corrected chi connectivity index (χ1v) is 5.51. The lowest BCUT2D eigenvalue weighted by Crippen LogP contribution is -2.41. The lowest BCUT2D eigenvalue weighted by Gasteiger charge is -2.22. The van der Waals surface area contributed by atoms with Crippen molar-refractivity contribution in [3.8, 4) is 5.88 Å². The van der Waals surface area contributed by atoms with Crippen LogP contribution in [0.25, 0.3) is 0 Å². The van der Waals surface area contributed by atoms with Crippen LogP contribution in [0.4, 0.5) is 13.2 Å². The summed E-state index contributed by atoms with van der Waals surface area (Å²) < 4.78 is 48.0. The summed E-state index contributed by atoms with van der Waals surface area (Å²) in [5.74, 6) is -0.542. The molecule has 0 aliphatic carbocycles. The highest BCUT2D eigenvalue weighted by atomic mass is 19.4. The molecule has 1 rings (SSSR count). The van der Waals surface area contributed by atoms with Crippen LogP contribution in [0.15, 0.2) is 12.3 Å². The lowest BCUT2D eigenvalue weighted by molar-refractivity contribution is -0.139. The van der Waals surface area contributed by atoms with E-state index in [-0.39, 0.29) is 5.46 Å². The highest BCUT2D eigenvalue weighted by Crippen LogP contribution is 2.34. The van der Waals surface area contributed by atoms with Gasteiger partial charge in [0, 0.05) is 17.3 Å². The molecule has 0 aliphatic heterocycles. The standard InChI is InChI=1S/C11H15BF3NO3/c1-10(2,3)19-12(17)7-5-8(11(13,14)15)9(18-4)16-6-7/h5-6,17H,1-4H3. The van der Waals surface area contributed by atoms with Gasteiger partial charge in [0.25, 0.3) is 0 Å². The number of nitrogens with zero attached hydrogens (tertiary/aromatic N) is 1.